The maximum absolute atomic E-state index is 12.0. The Kier molecular flexibility index (Phi) is 4.54. The minimum Gasteiger partial charge on any atom is -0.417 e. The lowest BCUT2D eigenvalue weighted by molar-refractivity contribution is -0.174. The molecule has 5 heteroatoms. The van der Waals surface area contributed by atoms with E-state index in [1.165, 1.54) is 0 Å². The van der Waals surface area contributed by atoms with Crippen molar-refractivity contribution in [3.8, 4) is 0 Å². The van der Waals surface area contributed by atoms with Crippen LogP contribution in [0.5, 0.6) is 0 Å². The highest BCUT2D eigenvalue weighted by molar-refractivity contribution is 6.69. The van der Waals surface area contributed by atoms with Gasteiger partial charge in [-0.3, -0.25) is 4.79 Å². The van der Waals surface area contributed by atoms with Crippen LogP contribution in [0.15, 0.2) is 11.6 Å². The first kappa shape index (κ1) is 15.9. The molecule has 0 amide bonds. The molecule has 2 aliphatic carbocycles. The van der Waals surface area contributed by atoms with Crippen molar-refractivity contribution in [1.29, 1.82) is 0 Å². The van der Waals surface area contributed by atoms with Crippen molar-refractivity contribution < 1.29 is 18.7 Å². The molecule has 0 aromatic rings. The second-order valence-electron chi connectivity index (χ2n) is 6.76. The zero-order chi connectivity index (χ0) is 15.0. The van der Waals surface area contributed by atoms with Crippen LogP contribution in [-0.4, -0.2) is 40.7 Å². The second kappa shape index (κ2) is 5.71. The van der Waals surface area contributed by atoms with E-state index in [0.717, 1.165) is 18.4 Å². The van der Waals surface area contributed by atoms with Crippen LogP contribution in [0.3, 0.4) is 0 Å². The fourth-order valence-electron chi connectivity index (χ4n) is 3.32. The first-order valence-electron chi connectivity index (χ1n) is 7.30. The van der Waals surface area contributed by atoms with Crippen LogP contribution in [0.25, 0.3) is 0 Å². The number of methoxy groups -OCH3 is 2. The van der Waals surface area contributed by atoms with Gasteiger partial charge in [-0.05, 0) is 49.5 Å². The number of allylic oxidation sites excluding steroid dienone is 1. The van der Waals surface area contributed by atoms with E-state index in [2.05, 4.69) is 19.6 Å². The van der Waals surface area contributed by atoms with Gasteiger partial charge in [0.2, 0.25) is 0 Å². The molecule has 114 valence electrons. The predicted octanol–water partition coefficient (Wildman–Crippen LogP) is 2.75. The standard InChI is InChI=1S/C15H26O4Si/c1-17-15(18-2)7-6-13-11(10-19-20(3,4)5)8-12(16)9-14(13)15/h9,11,13H,6-8,10H2,1-5H3. The van der Waals surface area contributed by atoms with Crippen LogP contribution in [0.2, 0.25) is 19.6 Å². The highest BCUT2D eigenvalue weighted by Crippen LogP contribution is 2.49. The van der Waals surface area contributed by atoms with E-state index < -0.39 is 14.1 Å². The molecule has 0 radical (unpaired) electrons. The third-order valence-corrected chi connectivity index (χ3v) is 5.40. The van der Waals surface area contributed by atoms with E-state index in [9.17, 15) is 4.79 Å². The normalized spacial score (nSPS) is 29.2. The van der Waals surface area contributed by atoms with Crippen molar-refractivity contribution in [2.45, 2.75) is 44.7 Å². The van der Waals surface area contributed by atoms with Gasteiger partial charge >= 0.3 is 0 Å². The summed E-state index contributed by atoms with van der Waals surface area (Å²) in [7, 11) is 1.75. The molecule has 2 unspecified atom stereocenters. The van der Waals surface area contributed by atoms with Crippen molar-refractivity contribution >= 4 is 14.1 Å². The molecule has 0 aromatic carbocycles. The third-order valence-electron chi connectivity index (χ3n) is 4.36. The Hall–Kier alpha value is -0.493. The monoisotopic (exact) mass is 298 g/mol. The van der Waals surface area contributed by atoms with E-state index in [1.54, 1.807) is 20.3 Å². The lowest BCUT2D eigenvalue weighted by Gasteiger charge is -2.35. The van der Waals surface area contributed by atoms with E-state index >= 15 is 0 Å². The van der Waals surface area contributed by atoms with Crippen LogP contribution in [0.4, 0.5) is 0 Å². The minimum absolute atomic E-state index is 0.167. The average molecular weight is 298 g/mol. The third kappa shape index (κ3) is 3.06. The van der Waals surface area contributed by atoms with Crippen LogP contribution in [0.1, 0.15) is 19.3 Å². The van der Waals surface area contributed by atoms with Gasteiger partial charge in [0.15, 0.2) is 19.9 Å². The number of hydrogen-bond acceptors (Lipinski definition) is 4. The van der Waals surface area contributed by atoms with E-state index in [-0.39, 0.29) is 11.7 Å². The molecule has 0 spiro atoms. The highest BCUT2D eigenvalue weighted by Gasteiger charge is 2.49. The van der Waals surface area contributed by atoms with Gasteiger partial charge in [0, 0.05) is 33.7 Å². The number of rotatable bonds is 5. The molecule has 0 aromatic heterocycles. The molecule has 0 saturated heterocycles. The number of ether oxygens (including phenoxy) is 2. The summed E-state index contributed by atoms with van der Waals surface area (Å²) in [5.41, 5.74) is 1.02. The van der Waals surface area contributed by atoms with Crippen LogP contribution >= 0.6 is 0 Å². The molecule has 1 saturated carbocycles. The van der Waals surface area contributed by atoms with E-state index in [4.69, 9.17) is 13.9 Å². The molecular weight excluding hydrogens is 272 g/mol. The maximum atomic E-state index is 12.0. The molecule has 0 N–H and O–H groups in total. The number of fused-ring (bicyclic) bond motifs is 1. The van der Waals surface area contributed by atoms with Crippen molar-refractivity contribution in [1.82, 2.24) is 0 Å². The van der Waals surface area contributed by atoms with E-state index in [0.29, 0.717) is 18.9 Å². The summed E-state index contributed by atoms with van der Waals surface area (Å²) in [5, 5.41) is 0. The molecule has 0 bridgehead atoms. The molecule has 2 atom stereocenters. The Morgan fingerprint density at radius 2 is 1.95 bits per heavy atom. The number of hydrogen-bond donors (Lipinski definition) is 0. The molecule has 20 heavy (non-hydrogen) atoms. The Morgan fingerprint density at radius 1 is 1.30 bits per heavy atom. The Bertz CT molecular complexity index is 407. The van der Waals surface area contributed by atoms with Gasteiger partial charge in [0.05, 0.1) is 0 Å². The molecule has 1 fully saturated rings. The fourth-order valence-corrected chi connectivity index (χ4v) is 4.04. The second-order valence-corrected chi connectivity index (χ2v) is 11.3. The Labute approximate surface area is 122 Å². The predicted molar refractivity (Wildman–Crippen MR) is 80.0 cm³/mol. The SMILES string of the molecule is COC1(OC)CCC2C1=CC(=O)CC2CO[Si](C)(C)C. The van der Waals surface area contributed by atoms with Gasteiger partial charge in [-0.25, -0.2) is 0 Å². The topological polar surface area (TPSA) is 44.8 Å². The van der Waals surface area contributed by atoms with Gasteiger partial charge in [-0.2, -0.15) is 0 Å². The summed E-state index contributed by atoms with van der Waals surface area (Å²) in [6, 6.07) is 0. The van der Waals surface area contributed by atoms with E-state index in [1.807, 2.05) is 0 Å². The summed E-state index contributed by atoms with van der Waals surface area (Å²) in [5.74, 6) is 0.0872. The maximum Gasteiger partial charge on any atom is 0.190 e. The van der Waals surface area contributed by atoms with Gasteiger partial charge in [0.25, 0.3) is 0 Å². The number of carbonyl (C=O) groups is 1. The largest absolute Gasteiger partial charge is 0.417 e. The van der Waals surface area contributed by atoms with Crippen molar-refractivity contribution in [3.05, 3.63) is 11.6 Å². The molecule has 0 aliphatic heterocycles. The molecule has 2 aliphatic rings. The molecule has 2 rings (SSSR count). The molecule has 4 nitrogen and oxygen atoms in total. The smallest absolute Gasteiger partial charge is 0.190 e. The van der Waals surface area contributed by atoms with Gasteiger partial charge in [-0.15, -0.1) is 0 Å². The number of ketones is 1. The summed E-state index contributed by atoms with van der Waals surface area (Å²) in [6.07, 6.45) is 4.14. The first-order chi connectivity index (χ1) is 9.31. The Balaban J connectivity index is 2.17. The first-order valence-corrected chi connectivity index (χ1v) is 10.7. The van der Waals surface area contributed by atoms with Crippen LogP contribution in [0, 0.1) is 11.8 Å². The van der Waals surface area contributed by atoms with Crippen molar-refractivity contribution in [2.75, 3.05) is 20.8 Å². The van der Waals surface area contributed by atoms with Gasteiger partial charge in [0.1, 0.15) is 0 Å². The zero-order valence-corrected chi connectivity index (χ0v) is 14.2. The summed E-state index contributed by atoms with van der Waals surface area (Å²) >= 11 is 0. The lowest BCUT2D eigenvalue weighted by Crippen LogP contribution is -2.38. The Morgan fingerprint density at radius 3 is 2.50 bits per heavy atom. The van der Waals surface area contributed by atoms with Crippen LogP contribution < -0.4 is 0 Å². The lowest BCUT2D eigenvalue weighted by atomic mass is 9.79. The zero-order valence-electron chi connectivity index (χ0n) is 13.2. The summed E-state index contributed by atoms with van der Waals surface area (Å²) in [6.45, 7) is 7.21. The number of carbonyl (C=O) groups excluding carboxylic acids is 1. The summed E-state index contributed by atoms with van der Waals surface area (Å²) in [4.78, 5) is 12.0. The minimum atomic E-state index is -1.55. The fraction of sp³-hybridized carbons (Fsp3) is 0.800. The summed E-state index contributed by atoms with van der Waals surface area (Å²) < 4.78 is 17.2. The quantitative estimate of drug-likeness (QED) is 0.578. The van der Waals surface area contributed by atoms with Gasteiger partial charge in [-0.1, -0.05) is 0 Å². The highest BCUT2D eigenvalue weighted by atomic mass is 28.4. The van der Waals surface area contributed by atoms with Crippen LogP contribution in [-0.2, 0) is 18.7 Å². The van der Waals surface area contributed by atoms with Gasteiger partial charge < -0.3 is 13.9 Å². The molecule has 0 heterocycles. The molecular formula is C15H26O4Si. The van der Waals surface area contributed by atoms with Crippen molar-refractivity contribution in [2.24, 2.45) is 11.8 Å². The average Bonchev–Trinajstić information content (AvgIpc) is 2.74. The van der Waals surface area contributed by atoms with Crippen molar-refractivity contribution in [3.63, 3.8) is 0 Å².